The molecule has 0 spiro atoms. The maximum atomic E-state index is 12.8. The largest absolute Gasteiger partial charge is 0.466 e. The Morgan fingerprint density at radius 3 is 2.54 bits per heavy atom. The van der Waals surface area contributed by atoms with Crippen molar-refractivity contribution in [3.05, 3.63) is 69.8 Å². The van der Waals surface area contributed by atoms with Gasteiger partial charge in [-0.05, 0) is 6.07 Å². The highest BCUT2D eigenvalue weighted by atomic mass is 16.6. The Kier molecular flexibility index (Phi) is 5.46. The first-order valence-corrected chi connectivity index (χ1v) is 8.29. The predicted molar refractivity (Wildman–Crippen MR) is 100 cm³/mol. The second kappa shape index (κ2) is 7.97. The Balaban J connectivity index is 2.24. The summed E-state index contributed by atoms with van der Waals surface area (Å²) in [7, 11) is 2.45. The minimum atomic E-state index is -1.34. The van der Waals surface area contributed by atoms with Gasteiger partial charge in [-0.3, -0.25) is 24.8 Å². The lowest BCUT2D eigenvalue weighted by Gasteiger charge is -2.28. The first-order valence-electron chi connectivity index (χ1n) is 8.29. The highest BCUT2D eigenvalue weighted by Crippen LogP contribution is 2.32. The number of benzene rings is 2. The van der Waals surface area contributed by atoms with Crippen molar-refractivity contribution in [2.75, 3.05) is 25.7 Å². The second-order valence-corrected chi connectivity index (χ2v) is 5.86. The van der Waals surface area contributed by atoms with Crippen LogP contribution >= 0.6 is 0 Å². The van der Waals surface area contributed by atoms with Gasteiger partial charge in [0, 0.05) is 30.4 Å². The Labute approximate surface area is 160 Å². The molecule has 144 valence electrons. The monoisotopic (exact) mass is 383 g/mol. The standard InChI is InChI=1S/C19H17N3O6/c1-27-18(19(24)28-2)21-15-9-8-13(22(25)26)10-14(15)17(20-11-16(21)23)12-6-4-3-5-7-12/h3-10,18H,11H2,1-2H3. The Hall–Kier alpha value is -3.59. The molecule has 0 N–H and O–H groups in total. The van der Waals surface area contributed by atoms with Gasteiger partial charge in [0.2, 0.25) is 6.23 Å². The van der Waals surface area contributed by atoms with Gasteiger partial charge in [0.1, 0.15) is 6.54 Å². The van der Waals surface area contributed by atoms with E-state index in [-0.39, 0.29) is 17.9 Å². The molecule has 3 rings (SSSR count). The number of ether oxygens (including phenoxy) is 2. The summed E-state index contributed by atoms with van der Waals surface area (Å²) in [6, 6.07) is 13.0. The zero-order valence-corrected chi connectivity index (χ0v) is 15.2. The molecule has 0 radical (unpaired) electrons. The van der Waals surface area contributed by atoms with Gasteiger partial charge in [0.15, 0.2) is 0 Å². The molecule has 2 aromatic rings. The van der Waals surface area contributed by atoms with Crippen LogP contribution in [0.5, 0.6) is 0 Å². The van der Waals surface area contributed by atoms with Crippen molar-refractivity contribution in [1.29, 1.82) is 0 Å². The number of methoxy groups -OCH3 is 2. The van der Waals surface area contributed by atoms with E-state index >= 15 is 0 Å². The van der Waals surface area contributed by atoms with Crippen molar-refractivity contribution in [2.45, 2.75) is 6.23 Å². The number of anilines is 1. The van der Waals surface area contributed by atoms with E-state index in [0.717, 1.165) is 4.90 Å². The van der Waals surface area contributed by atoms with Crippen molar-refractivity contribution >= 4 is 29.0 Å². The van der Waals surface area contributed by atoms with Crippen LogP contribution in [0.1, 0.15) is 11.1 Å². The molecule has 0 saturated carbocycles. The third kappa shape index (κ3) is 3.47. The van der Waals surface area contributed by atoms with Gasteiger partial charge >= 0.3 is 5.97 Å². The number of carbonyl (C=O) groups excluding carboxylic acids is 2. The van der Waals surface area contributed by atoms with E-state index in [0.29, 0.717) is 16.8 Å². The van der Waals surface area contributed by atoms with E-state index in [4.69, 9.17) is 9.47 Å². The summed E-state index contributed by atoms with van der Waals surface area (Å²) in [5, 5.41) is 11.3. The number of amides is 1. The maximum absolute atomic E-state index is 12.8. The van der Waals surface area contributed by atoms with E-state index < -0.39 is 23.0 Å². The van der Waals surface area contributed by atoms with E-state index in [1.54, 1.807) is 24.3 Å². The summed E-state index contributed by atoms with van der Waals surface area (Å²) >= 11 is 0. The lowest BCUT2D eigenvalue weighted by Crippen LogP contribution is -2.48. The first kappa shape index (κ1) is 19.2. The fourth-order valence-corrected chi connectivity index (χ4v) is 2.99. The number of nitro benzene ring substituents is 1. The van der Waals surface area contributed by atoms with Crippen molar-refractivity contribution in [3.8, 4) is 0 Å². The molecule has 9 nitrogen and oxygen atoms in total. The molecular formula is C19H17N3O6. The molecule has 2 aromatic carbocycles. The van der Waals surface area contributed by atoms with Gasteiger partial charge in [0.05, 0.1) is 23.4 Å². The first-order chi connectivity index (χ1) is 13.5. The van der Waals surface area contributed by atoms with Crippen molar-refractivity contribution in [2.24, 2.45) is 4.99 Å². The van der Waals surface area contributed by atoms with Crippen molar-refractivity contribution in [1.82, 2.24) is 0 Å². The molecule has 1 aliphatic heterocycles. The van der Waals surface area contributed by atoms with Crippen LogP contribution in [0, 0.1) is 10.1 Å². The zero-order valence-electron chi connectivity index (χ0n) is 15.2. The van der Waals surface area contributed by atoms with E-state index in [1.165, 1.54) is 32.4 Å². The number of benzodiazepines with no additional fused rings is 1. The highest BCUT2D eigenvalue weighted by Gasteiger charge is 2.36. The fourth-order valence-electron chi connectivity index (χ4n) is 2.99. The summed E-state index contributed by atoms with van der Waals surface area (Å²) < 4.78 is 9.92. The summed E-state index contributed by atoms with van der Waals surface area (Å²) in [5.41, 5.74) is 1.55. The zero-order chi connectivity index (χ0) is 20.3. The number of carbonyl (C=O) groups is 2. The lowest BCUT2D eigenvalue weighted by molar-refractivity contribution is -0.384. The average molecular weight is 383 g/mol. The van der Waals surface area contributed by atoms with Crippen LogP contribution in [-0.2, 0) is 19.1 Å². The SMILES string of the molecule is COC(=O)C(OC)N1C(=O)CN=C(c2ccccc2)c2cc([N+](=O)[O-])ccc21. The number of non-ortho nitro benzene ring substituents is 1. The minimum absolute atomic E-state index is 0.163. The van der Waals surface area contributed by atoms with Crippen LogP contribution in [0.25, 0.3) is 0 Å². The molecule has 9 heteroatoms. The molecule has 1 amide bonds. The molecular weight excluding hydrogens is 366 g/mol. The minimum Gasteiger partial charge on any atom is -0.466 e. The quantitative estimate of drug-likeness (QED) is 0.443. The highest BCUT2D eigenvalue weighted by molar-refractivity contribution is 6.20. The van der Waals surface area contributed by atoms with Crippen LogP contribution in [-0.4, -0.2) is 49.5 Å². The normalized spacial score (nSPS) is 14.6. The summed E-state index contributed by atoms with van der Waals surface area (Å²) in [6.07, 6.45) is -1.34. The molecule has 0 bridgehead atoms. The molecule has 28 heavy (non-hydrogen) atoms. The van der Waals surface area contributed by atoms with Gasteiger partial charge in [0.25, 0.3) is 11.6 Å². The molecule has 0 aromatic heterocycles. The third-order valence-electron chi connectivity index (χ3n) is 4.25. The number of esters is 1. The van der Waals surface area contributed by atoms with Gasteiger partial charge in [-0.15, -0.1) is 0 Å². The van der Waals surface area contributed by atoms with Gasteiger partial charge in [-0.1, -0.05) is 30.3 Å². The topological polar surface area (TPSA) is 111 Å². The number of hydrogen-bond donors (Lipinski definition) is 0. The maximum Gasteiger partial charge on any atom is 0.356 e. The number of rotatable bonds is 5. The van der Waals surface area contributed by atoms with E-state index in [9.17, 15) is 19.7 Å². The molecule has 1 aliphatic rings. The van der Waals surface area contributed by atoms with Gasteiger partial charge in [-0.25, -0.2) is 4.79 Å². The molecule has 1 unspecified atom stereocenters. The second-order valence-electron chi connectivity index (χ2n) is 5.86. The van der Waals surface area contributed by atoms with Crippen LogP contribution < -0.4 is 4.90 Å². The van der Waals surface area contributed by atoms with Crippen molar-refractivity contribution in [3.63, 3.8) is 0 Å². The molecule has 0 fully saturated rings. The number of hydrogen-bond acceptors (Lipinski definition) is 7. The number of aliphatic imine (C=N–C) groups is 1. The number of nitro groups is 1. The Morgan fingerprint density at radius 1 is 1.21 bits per heavy atom. The third-order valence-corrected chi connectivity index (χ3v) is 4.25. The Bertz CT molecular complexity index is 957. The van der Waals surface area contributed by atoms with E-state index in [1.807, 2.05) is 6.07 Å². The predicted octanol–water partition coefficient (Wildman–Crippen LogP) is 1.92. The summed E-state index contributed by atoms with van der Waals surface area (Å²) in [5.74, 6) is -1.28. The van der Waals surface area contributed by atoms with Gasteiger partial charge in [-0.2, -0.15) is 0 Å². The van der Waals surface area contributed by atoms with Crippen LogP contribution in [0.3, 0.4) is 0 Å². The summed E-state index contributed by atoms with van der Waals surface area (Å²) in [4.78, 5) is 41.2. The Morgan fingerprint density at radius 2 is 1.93 bits per heavy atom. The van der Waals surface area contributed by atoms with Crippen LogP contribution in [0.2, 0.25) is 0 Å². The van der Waals surface area contributed by atoms with Gasteiger partial charge < -0.3 is 9.47 Å². The molecule has 1 heterocycles. The van der Waals surface area contributed by atoms with Crippen LogP contribution in [0.15, 0.2) is 53.5 Å². The number of nitrogens with zero attached hydrogens (tertiary/aromatic N) is 3. The molecule has 0 saturated heterocycles. The van der Waals surface area contributed by atoms with Crippen molar-refractivity contribution < 1.29 is 24.0 Å². The molecule has 0 aliphatic carbocycles. The average Bonchev–Trinajstić information content (AvgIpc) is 2.85. The molecule has 1 atom stereocenters. The lowest BCUT2D eigenvalue weighted by atomic mass is 9.99. The van der Waals surface area contributed by atoms with Crippen LogP contribution in [0.4, 0.5) is 11.4 Å². The number of fused-ring (bicyclic) bond motifs is 1. The van der Waals surface area contributed by atoms with E-state index in [2.05, 4.69) is 4.99 Å². The summed E-state index contributed by atoms with van der Waals surface area (Å²) in [6.45, 7) is -0.260. The fraction of sp³-hybridized carbons (Fsp3) is 0.211. The smallest absolute Gasteiger partial charge is 0.356 e.